The summed E-state index contributed by atoms with van der Waals surface area (Å²) in [6.45, 7) is 2.52. The lowest BCUT2D eigenvalue weighted by Crippen LogP contribution is -2.46. The van der Waals surface area contributed by atoms with E-state index in [1.165, 1.54) is 18.5 Å². The lowest BCUT2D eigenvalue weighted by molar-refractivity contribution is -0.146. The fraction of sp³-hybridized carbons (Fsp3) is 0.353. The van der Waals surface area contributed by atoms with Crippen LogP contribution in [0, 0.1) is 5.92 Å². The van der Waals surface area contributed by atoms with Crippen LogP contribution in [0.5, 0.6) is 0 Å². The van der Waals surface area contributed by atoms with Crippen molar-refractivity contribution in [1.82, 2.24) is 20.1 Å². The molecule has 4 N–H and O–H groups in total. The number of carbonyl (C=O) groups excluding carboxylic acids is 3. The number of hydrogen-bond donors (Lipinski definition) is 3. The molecule has 1 saturated heterocycles. The maximum Gasteiger partial charge on any atom is 0.313 e. The smallest absolute Gasteiger partial charge is 0.313 e. The van der Waals surface area contributed by atoms with Gasteiger partial charge in [0.2, 0.25) is 5.91 Å². The summed E-state index contributed by atoms with van der Waals surface area (Å²) in [6, 6.07) is 2.96. The number of pyridine rings is 1. The average molecular weight is 356 g/mol. The number of likely N-dealkylation sites (tertiary alicyclic amines) is 1. The molecular formula is C17H20N6O3. The third-order valence-corrected chi connectivity index (χ3v) is 4.43. The van der Waals surface area contributed by atoms with Crippen molar-refractivity contribution in [2.45, 2.75) is 25.8 Å². The monoisotopic (exact) mass is 356 g/mol. The van der Waals surface area contributed by atoms with Crippen LogP contribution in [0.15, 0.2) is 30.7 Å². The van der Waals surface area contributed by atoms with E-state index in [1.807, 2.05) is 6.92 Å². The second-order valence-electron chi connectivity index (χ2n) is 6.45. The van der Waals surface area contributed by atoms with Gasteiger partial charge in [-0.15, -0.1) is 0 Å². The van der Waals surface area contributed by atoms with Crippen molar-refractivity contribution in [3.8, 4) is 0 Å². The Balaban J connectivity index is 1.76. The highest BCUT2D eigenvalue weighted by Crippen LogP contribution is 2.32. The Kier molecular flexibility index (Phi) is 4.97. The number of hydrogen-bond acceptors (Lipinski definition) is 5. The third kappa shape index (κ3) is 3.71. The highest BCUT2D eigenvalue weighted by Gasteiger charge is 2.34. The minimum Gasteiger partial charge on any atom is -0.366 e. The molecule has 2 aromatic heterocycles. The van der Waals surface area contributed by atoms with Crippen LogP contribution < -0.4 is 11.1 Å². The summed E-state index contributed by atoms with van der Waals surface area (Å²) in [6.07, 6.45) is 5.97. The predicted octanol–water partition coefficient (Wildman–Crippen LogP) is 0.842. The van der Waals surface area contributed by atoms with Crippen molar-refractivity contribution in [1.29, 1.82) is 0 Å². The summed E-state index contributed by atoms with van der Waals surface area (Å²) in [7, 11) is 0. The van der Waals surface area contributed by atoms with E-state index in [0.717, 1.165) is 18.5 Å². The van der Waals surface area contributed by atoms with Gasteiger partial charge in [-0.3, -0.25) is 24.5 Å². The Bertz CT molecular complexity index is 820. The van der Waals surface area contributed by atoms with Crippen LogP contribution in [0.4, 0.5) is 5.69 Å². The molecule has 3 heterocycles. The van der Waals surface area contributed by atoms with E-state index in [9.17, 15) is 14.4 Å². The number of anilines is 1. The molecule has 1 aliphatic heterocycles. The Labute approximate surface area is 150 Å². The van der Waals surface area contributed by atoms with Gasteiger partial charge >= 0.3 is 11.8 Å². The first-order valence-electron chi connectivity index (χ1n) is 8.31. The molecule has 0 aromatic carbocycles. The van der Waals surface area contributed by atoms with Crippen LogP contribution in [-0.2, 0) is 9.59 Å². The van der Waals surface area contributed by atoms with E-state index >= 15 is 0 Å². The second-order valence-corrected chi connectivity index (χ2v) is 6.45. The number of nitrogens with two attached hydrogens (primary N) is 1. The number of nitrogens with one attached hydrogen (secondary N) is 2. The number of amides is 3. The molecule has 26 heavy (non-hydrogen) atoms. The summed E-state index contributed by atoms with van der Waals surface area (Å²) in [5.74, 6) is -1.79. The van der Waals surface area contributed by atoms with E-state index in [1.54, 1.807) is 17.2 Å². The lowest BCUT2D eigenvalue weighted by atomic mass is 9.92. The van der Waals surface area contributed by atoms with Crippen LogP contribution in [-0.4, -0.2) is 44.3 Å². The maximum atomic E-state index is 12.7. The molecule has 0 aliphatic carbocycles. The summed E-state index contributed by atoms with van der Waals surface area (Å²) in [4.78, 5) is 41.8. The van der Waals surface area contributed by atoms with Crippen LogP contribution in [0.3, 0.4) is 0 Å². The highest BCUT2D eigenvalue weighted by molar-refractivity contribution is 6.39. The Morgan fingerprint density at radius 1 is 1.31 bits per heavy atom. The zero-order valence-corrected chi connectivity index (χ0v) is 14.3. The Morgan fingerprint density at radius 3 is 2.81 bits per heavy atom. The van der Waals surface area contributed by atoms with Gasteiger partial charge < -0.3 is 16.0 Å². The zero-order chi connectivity index (χ0) is 18.7. The van der Waals surface area contributed by atoms with Crippen LogP contribution in [0.2, 0.25) is 0 Å². The first kappa shape index (κ1) is 17.6. The van der Waals surface area contributed by atoms with Gasteiger partial charge in [0.25, 0.3) is 0 Å². The fourth-order valence-corrected chi connectivity index (χ4v) is 3.11. The van der Waals surface area contributed by atoms with E-state index in [0.29, 0.717) is 12.5 Å². The van der Waals surface area contributed by atoms with Gasteiger partial charge in [-0.05, 0) is 30.9 Å². The molecule has 3 amide bonds. The van der Waals surface area contributed by atoms with Gasteiger partial charge in [0.15, 0.2) is 0 Å². The zero-order valence-electron chi connectivity index (χ0n) is 14.3. The van der Waals surface area contributed by atoms with Crippen LogP contribution >= 0.6 is 0 Å². The SMILES string of the molecule is C[C@H]1CC[C@H](c2ccn[nH]2)N(C(=O)C(=O)Nc2cncc(C(N)=O)c2)C1. The maximum absolute atomic E-state index is 12.7. The van der Waals surface area contributed by atoms with Gasteiger partial charge in [0.1, 0.15) is 0 Å². The minimum absolute atomic E-state index is 0.150. The summed E-state index contributed by atoms with van der Waals surface area (Å²) < 4.78 is 0. The molecule has 0 unspecified atom stereocenters. The Hall–Kier alpha value is -3.23. The van der Waals surface area contributed by atoms with E-state index in [2.05, 4.69) is 20.5 Å². The predicted molar refractivity (Wildman–Crippen MR) is 92.8 cm³/mol. The Morgan fingerprint density at radius 2 is 2.12 bits per heavy atom. The molecular weight excluding hydrogens is 336 g/mol. The van der Waals surface area contributed by atoms with E-state index in [-0.39, 0.29) is 17.3 Å². The van der Waals surface area contributed by atoms with Crippen molar-refractivity contribution in [3.63, 3.8) is 0 Å². The molecule has 9 heteroatoms. The van der Waals surface area contributed by atoms with Crippen molar-refractivity contribution in [3.05, 3.63) is 42.0 Å². The van der Waals surface area contributed by atoms with Crippen LogP contribution in [0.25, 0.3) is 0 Å². The van der Waals surface area contributed by atoms with Gasteiger partial charge in [-0.2, -0.15) is 5.10 Å². The topological polar surface area (TPSA) is 134 Å². The first-order valence-corrected chi connectivity index (χ1v) is 8.31. The van der Waals surface area contributed by atoms with Crippen molar-refractivity contribution < 1.29 is 14.4 Å². The normalized spacial score (nSPS) is 19.8. The fourth-order valence-electron chi connectivity index (χ4n) is 3.11. The number of piperidine rings is 1. The lowest BCUT2D eigenvalue weighted by Gasteiger charge is -2.37. The van der Waals surface area contributed by atoms with E-state index < -0.39 is 17.7 Å². The van der Waals surface area contributed by atoms with Crippen molar-refractivity contribution in [2.24, 2.45) is 11.7 Å². The quantitative estimate of drug-likeness (QED) is 0.701. The number of carbonyl (C=O) groups is 3. The highest BCUT2D eigenvalue weighted by atomic mass is 16.2. The number of primary amides is 1. The molecule has 2 aromatic rings. The van der Waals surface area contributed by atoms with Crippen molar-refractivity contribution in [2.75, 3.05) is 11.9 Å². The molecule has 0 radical (unpaired) electrons. The molecule has 3 rings (SSSR count). The molecule has 0 spiro atoms. The summed E-state index contributed by atoms with van der Waals surface area (Å²) >= 11 is 0. The standard InChI is InChI=1S/C17H20N6O3/c1-10-2-3-14(13-4-5-20-22-13)23(9-10)17(26)16(25)21-12-6-11(15(18)24)7-19-8-12/h4-8,10,14H,2-3,9H2,1H3,(H2,18,24)(H,20,22)(H,21,25)/t10-,14+/m0/s1. The van der Waals surface area contributed by atoms with Gasteiger partial charge in [-0.25, -0.2) is 0 Å². The number of aromatic nitrogens is 3. The minimum atomic E-state index is -0.785. The van der Waals surface area contributed by atoms with E-state index in [4.69, 9.17) is 5.73 Å². The first-order chi connectivity index (χ1) is 12.5. The summed E-state index contributed by atoms with van der Waals surface area (Å²) in [5.41, 5.74) is 6.39. The van der Waals surface area contributed by atoms with Crippen LogP contribution in [0.1, 0.15) is 41.9 Å². The molecule has 0 bridgehead atoms. The molecule has 2 atom stereocenters. The molecule has 1 fully saturated rings. The largest absolute Gasteiger partial charge is 0.366 e. The average Bonchev–Trinajstić information content (AvgIpc) is 3.15. The number of nitrogens with zero attached hydrogens (tertiary/aromatic N) is 3. The molecule has 136 valence electrons. The summed E-state index contributed by atoms with van der Waals surface area (Å²) in [5, 5.41) is 9.30. The molecule has 9 nitrogen and oxygen atoms in total. The molecule has 1 aliphatic rings. The number of aromatic amines is 1. The second kappa shape index (κ2) is 7.34. The number of rotatable bonds is 3. The van der Waals surface area contributed by atoms with Crippen molar-refractivity contribution >= 4 is 23.4 Å². The van der Waals surface area contributed by atoms with Gasteiger partial charge in [-0.1, -0.05) is 6.92 Å². The van der Waals surface area contributed by atoms with Gasteiger partial charge in [0.05, 0.1) is 29.2 Å². The van der Waals surface area contributed by atoms with Gasteiger partial charge in [0, 0.05) is 18.9 Å². The molecule has 0 saturated carbocycles. The third-order valence-electron chi connectivity index (χ3n) is 4.43. The number of H-pyrrole nitrogens is 1.